The van der Waals surface area contributed by atoms with Crippen LogP contribution in [0.25, 0.3) is 0 Å². The number of aryl methyl sites for hydroxylation is 1. The number of aromatic nitrogens is 3. The summed E-state index contributed by atoms with van der Waals surface area (Å²) in [5, 5.41) is 7.06. The van der Waals surface area contributed by atoms with Gasteiger partial charge in [0.25, 0.3) is 5.91 Å². The van der Waals surface area contributed by atoms with Crippen molar-refractivity contribution < 1.29 is 4.79 Å². The van der Waals surface area contributed by atoms with E-state index in [0.29, 0.717) is 12.1 Å². The number of anilines is 1. The second-order valence-corrected chi connectivity index (χ2v) is 4.35. The summed E-state index contributed by atoms with van der Waals surface area (Å²) in [5.41, 5.74) is 2.34. The zero-order valence-electron chi connectivity index (χ0n) is 11.3. The molecule has 19 heavy (non-hydrogen) atoms. The maximum Gasteiger partial charge on any atom is 0.256 e. The molecule has 0 aliphatic carbocycles. The molecule has 0 saturated heterocycles. The van der Waals surface area contributed by atoms with Crippen molar-refractivity contribution in [3.8, 4) is 0 Å². The van der Waals surface area contributed by atoms with Gasteiger partial charge in [0, 0.05) is 45.6 Å². The fourth-order valence-electron chi connectivity index (χ4n) is 1.88. The maximum absolute atomic E-state index is 12.4. The molecule has 0 aromatic carbocycles. The van der Waals surface area contributed by atoms with Crippen LogP contribution in [0.5, 0.6) is 0 Å². The second-order valence-electron chi connectivity index (χ2n) is 4.35. The van der Waals surface area contributed by atoms with E-state index in [9.17, 15) is 4.79 Å². The van der Waals surface area contributed by atoms with Crippen molar-refractivity contribution in [1.82, 2.24) is 19.7 Å². The van der Waals surface area contributed by atoms with Crippen molar-refractivity contribution in [1.29, 1.82) is 0 Å². The number of nitrogens with one attached hydrogen (secondary N) is 1. The highest BCUT2D eigenvalue weighted by atomic mass is 16.2. The van der Waals surface area contributed by atoms with Gasteiger partial charge < -0.3 is 10.2 Å². The van der Waals surface area contributed by atoms with Crippen molar-refractivity contribution in [2.75, 3.05) is 19.4 Å². The first kappa shape index (κ1) is 13.1. The molecule has 6 nitrogen and oxygen atoms in total. The van der Waals surface area contributed by atoms with Gasteiger partial charge in [-0.05, 0) is 6.07 Å². The smallest absolute Gasteiger partial charge is 0.256 e. The van der Waals surface area contributed by atoms with Crippen LogP contribution in [0.15, 0.2) is 30.9 Å². The maximum atomic E-state index is 12.4. The molecule has 0 spiro atoms. The zero-order valence-corrected chi connectivity index (χ0v) is 11.3. The minimum absolute atomic E-state index is 0.0457. The van der Waals surface area contributed by atoms with E-state index in [0.717, 1.165) is 11.3 Å². The average Bonchev–Trinajstić information content (AvgIpc) is 2.83. The zero-order chi connectivity index (χ0) is 13.8. The predicted octanol–water partition coefficient (Wildman–Crippen LogP) is 1.13. The van der Waals surface area contributed by atoms with E-state index < -0.39 is 0 Å². The first-order chi connectivity index (χ1) is 9.11. The van der Waals surface area contributed by atoms with Crippen LogP contribution < -0.4 is 5.32 Å². The lowest BCUT2D eigenvalue weighted by Crippen LogP contribution is -2.26. The Labute approximate surface area is 112 Å². The molecule has 0 bridgehead atoms. The van der Waals surface area contributed by atoms with Gasteiger partial charge in [0.05, 0.1) is 23.6 Å². The van der Waals surface area contributed by atoms with Crippen molar-refractivity contribution >= 4 is 11.6 Å². The Bertz CT molecular complexity index is 578. The molecule has 0 fully saturated rings. The predicted molar refractivity (Wildman–Crippen MR) is 72.8 cm³/mol. The normalized spacial score (nSPS) is 10.3. The van der Waals surface area contributed by atoms with Gasteiger partial charge in [-0.15, -0.1) is 0 Å². The van der Waals surface area contributed by atoms with Gasteiger partial charge >= 0.3 is 0 Å². The van der Waals surface area contributed by atoms with Gasteiger partial charge in [-0.2, -0.15) is 5.10 Å². The van der Waals surface area contributed by atoms with Crippen molar-refractivity contribution in [3.63, 3.8) is 0 Å². The topological polar surface area (TPSA) is 63.1 Å². The molecule has 2 heterocycles. The van der Waals surface area contributed by atoms with Crippen LogP contribution in [0, 0.1) is 0 Å². The lowest BCUT2D eigenvalue weighted by atomic mass is 10.2. The number of carbonyl (C=O) groups excluding carboxylic acids is 1. The summed E-state index contributed by atoms with van der Waals surface area (Å²) < 4.78 is 1.72. The van der Waals surface area contributed by atoms with Crippen LogP contribution in [-0.4, -0.2) is 39.7 Å². The molecule has 1 N–H and O–H groups in total. The van der Waals surface area contributed by atoms with E-state index in [-0.39, 0.29) is 5.91 Å². The van der Waals surface area contributed by atoms with Gasteiger partial charge in [0.2, 0.25) is 0 Å². The van der Waals surface area contributed by atoms with E-state index in [1.54, 1.807) is 48.3 Å². The number of hydrogen-bond acceptors (Lipinski definition) is 4. The number of hydrogen-bond donors (Lipinski definition) is 1. The van der Waals surface area contributed by atoms with E-state index >= 15 is 0 Å². The lowest BCUT2D eigenvalue weighted by molar-refractivity contribution is 0.0786. The Kier molecular flexibility index (Phi) is 3.79. The highest BCUT2D eigenvalue weighted by Crippen LogP contribution is 2.15. The summed E-state index contributed by atoms with van der Waals surface area (Å²) in [6.07, 6.45) is 6.92. The Morgan fingerprint density at radius 2 is 2.26 bits per heavy atom. The summed E-state index contributed by atoms with van der Waals surface area (Å²) in [6.45, 7) is 0.526. The van der Waals surface area contributed by atoms with Gasteiger partial charge in [-0.3, -0.25) is 14.5 Å². The Balaban J connectivity index is 2.14. The van der Waals surface area contributed by atoms with Crippen LogP contribution in [0.3, 0.4) is 0 Å². The summed E-state index contributed by atoms with van der Waals surface area (Å²) in [4.78, 5) is 18.0. The lowest BCUT2D eigenvalue weighted by Gasteiger charge is -2.17. The molecule has 0 saturated carbocycles. The Morgan fingerprint density at radius 3 is 2.89 bits per heavy atom. The molecule has 0 aliphatic rings. The minimum atomic E-state index is -0.0457. The van der Waals surface area contributed by atoms with Gasteiger partial charge in [-0.1, -0.05) is 0 Å². The van der Waals surface area contributed by atoms with E-state index in [1.165, 1.54) is 0 Å². The summed E-state index contributed by atoms with van der Waals surface area (Å²) in [7, 11) is 5.40. The van der Waals surface area contributed by atoms with E-state index in [2.05, 4.69) is 15.4 Å². The van der Waals surface area contributed by atoms with Crippen molar-refractivity contribution in [2.45, 2.75) is 6.54 Å². The first-order valence-corrected chi connectivity index (χ1v) is 5.96. The molecule has 0 unspecified atom stereocenters. The molecule has 0 atom stereocenters. The number of amides is 1. The van der Waals surface area contributed by atoms with E-state index in [1.807, 2.05) is 13.2 Å². The summed E-state index contributed by atoms with van der Waals surface area (Å²) in [5.74, 6) is -0.0457. The van der Waals surface area contributed by atoms with Crippen molar-refractivity contribution in [2.24, 2.45) is 7.05 Å². The second kappa shape index (κ2) is 5.51. The molecule has 0 radical (unpaired) electrons. The van der Waals surface area contributed by atoms with Crippen molar-refractivity contribution in [3.05, 3.63) is 42.0 Å². The fourth-order valence-corrected chi connectivity index (χ4v) is 1.88. The third kappa shape index (κ3) is 2.90. The molecule has 6 heteroatoms. The number of carbonyl (C=O) groups is 1. The molecular formula is C13H17N5O. The molecular weight excluding hydrogens is 242 g/mol. The van der Waals surface area contributed by atoms with Crippen LogP contribution >= 0.6 is 0 Å². The van der Waals surface area contributed by atoms with E-state index in [4.69, 9.17) is 0 Å². The van der Waals surface area contributed by atoms with Gasteiger partial charge in [-0.25, -0.2) is 0 Å². The van der Waals surface area contributed by atoms with Gasteiger partial charge in [0.15, 0.2) is 0 Å². The van der Waals surface area contributed by atoms with Crippen LogP contribution in [0.2, 0.25) is 0 Å². The SMILES string of the molecule is CNc1cnccc1C(=O)N(C)Cc1cnn(C)c1. The molecule has 100 valence electrons. The average molecular weight is 259 g/mol. The third-order valence-electron chi connectivity index (χ3n) is 2.85. The van der Waals surface area contributed by atoms with Crippen LogP contribution in [0.1, 0.15) is 15.9 Å². The highest BCUT2D eigenvalue weighted by molar-refractivity contribution is 5.99. The molecule has 2 aromatic rings. The third-order valence-corrected chi connectivity index (χ3v) is 2.85. The molecule has 2 aromatic heterocycles. The Morgan fingerprint density at radius 1 is 1.47 bits per heavy atom. The Hall–Kier alpha value is -2.37. The largest absolute Gasteiger partial charge is 0.386 e. The quantitative estimate of drug-likeness (QED) is 0.894. The van der Waals surface area contributed by atoms with Crippen LogP contribution in [-0.2, 0) is 13.6 Å². The molecule has 0 aliphatic heterocycles. The first-order valence-electron chi connectivity index (χ1n) is 5.96. The number of pyridine rings is 1. The summed E-state index contributed by atoms with van der Waals surface area (Å²) in [6, 6.07) is 1.72. The number of nitrogens with zero attached hydrogens (tertiary/aromatic N) is 4. The van der Waals surface area contributed by atoms with Crippen LogP contribution in [0.4, 0.5) is 5.69 Å². The highest BCUT2D eigenvalue weighted by Gasteiger charge is 2.15. The standard InChI is InChI=1S/C13H17N5O/c1-14-12-7-15-5-4-11(12)13(19)17(2)8-10-6-16-18(3)9-10/h4-7,9,14H,8H2,1-3H3. The fraction of sp³-hybridized carbons (Fsp3) is 0.308. The number of rotatable bonds is 4. The molecule has 2 rings (SSSR count). The monoisotopic (exact) mass is 259 g/mol. The van der Waals surface area contributed by atoms with Gasteiger partial charge in [0.1, 0.15) is 0 Å². The minimum Gasteiger partial charge on any atom is -0.386 e. The molecule has 1 amide bonds. The summed E-state index contributed by atoms with van der Waals surface area (Å²) >= 11 is 0.